The van der Waals surface area contributed by atoms with Crippen molar-refractivity contribution in [2.75, 3.05) is 11.5 Å². The van der Waals surface area contributed by atoms with Gasteiger partial charge in [-0.3, -0.25) is 0 Å². The van der Waals surface area contributed by atoms with Gasteiger partial charge in [0.05, 0.1) is 21.6 Å². The number of rotatable bonds is 4. The molecule has 1 fully saturated rings. The second-order valence-electron chi connectivity index (χ2n) is 6.02. The standard InChI is InChI=1S/C15H20Cl2N2O3S/c1-10(2)19(8-11-3-4-13(16)14(17)7-11)15(20)18-12-5-6-23(21,22)9-12/h3-4,7,10,12H,5-6,8-9H2,1-2H3,(H,18,20)/t12-/m1/s1. The Labute approximate surface area is 146 Å². The van der Waals surface area contributed by atoms with E-state index in [9.17, 15) is 13.2 Å². The smallest absolute Gasteiger partial charge is 0.318 e. The molecule has 0 aromatic heterocycles. The van der Waals surface area contributed by atoms with Crippen molar-refractivity contribution in [3.63, 3.8) is 0 Å². The fourth-order valence-corrected chi connectivity index (χ4v) is 4.48. The second kappa shape index (κ2) is 7.28. The molecule has 1 aliphatic heterocycles. The van der Waals surface area contributed by atoms with Crippen molar-refractivity contribution in [2.45, 2.75) is 38.9 Å². The number of hydrogen-bond donors (Lipinski definition) is 1. The van der Waals surface area contributed by atoms with E-state index in [1.165, 1.54) is 0 Å². The summed E-state index contributed by atoms with van der Waals surface area (Å²) in [4.78, 5) is 14.1. The van der Waals surface area contributed by atoms with Crippen molar-refractivity contribution < 1.29 is 13.2 Å². The zero-order valence-electron chi connectivity index (χ0n) is 13.1. The summed E-state index contributed by atoms with van der Waals surface area (Å²) in [5, 5.41) is 3.72. The first kappa shape index (κ1) is 18.4. The number of halogens is 2. The van der Waals surface area contributed by atoms with Crippen LogP contribution in [0.2, 0.25) is 10.0 Å². The lowest BCUT2D eigenvalue weighted by Crippen LogP contribution is -2.47. The maximum absolute atomic E-state index is 12.5. The molecule has 2 rings (SSSR count). The molecule has 23 heavy (non-hydrogen) atoms. The van der Waals surface area contributed by atoms with Crippen LogP contribution in [-0.2, 0) is 16.4 Å². The van der Waals surface area contributed by atoms with Gasteiger partial charge in [0.15, 0.2) is 9.84 Å². The lowest BCUT2D eigenvalue weighted by molar-refractivity contribution is 0.177. The zero-order chi connectivity index (χ0) is 17.2. The van der Waals surface area contributed by atoms with Crippen LogP contribution in [0.3, 0.4) is 0 Å². The first-order chi connectivity index (χ1) is 10.7. The van der Waals surface area contributed by atoms with E-state index in [-0.39, 0.29) is 29.6 Å². The monoisotopic (exact) mass is 378 g/mol. The lowest BCUT2D eigenvalue weighted by Gasteiger charge is -2.28. The molecule has 0 spiro atoms. The molecule has 1 aliphatic rings. The number of carbonyl (C=O) groups excluding carboxylic acids is 1. The third-order valence-electron chi connectivity index (χ3n) is 3.78. The van der Waals surface area contributed by atoms with Gasteiger partial charge < -0.3 is 10.2 Å². The first-order valence-electron chi connectivity index (χ1n) is 7.39. The molecule has 0 saturated carbocycles. The van der Waals surface area contributed by atoms with Gasteiger partial charge >= 0.3 is 6.03 Å². The summed E-state index contributed by atoms with van der Waals surface area (Å²) in [6.45, 7) is 4.19. The van der Waals surface area contributed by atoms with Crippen LogP contribution in [0, 0.1) is 0 Å². The predicted molar refractivity (Wildman–Crippen MR) is 92.7 cm³/mol. The number of nitrogens with one attached hydrogen (secondary N) is 1. The highest BCUT2D eigenvalue weighted by Gasteiger charge is 2.30. The number of carbonyl (C=O) groups is 1. The van der Waals surface area contributed by atoms with Gasteiger partial charge in [-0.1, -0.05) is 29.3 Å². The van der Waals surface area contributed by atoms with Crippen molar-refractivity contribution in [1.82, 2.24) is 10.2 Å². The molecule has 128 valence electrons. The summed E-state index contributed by atoms with van der Waals surface area (Å²) >= 11 is 11.9. The molecule has 0 bridgehead atoms. The van der Waals surface area contributed by atoms with Crippen LogP contribution in [0.5, 0.6) is 0 Å². The highest BCUT2D eigenvalue weighted by Crippen LogP contribution is 2.23. The van der Waals surface area contributed by atoms with Gasteiger partial charge in [0.2, 0.25) is 0 Å². The number of urea groups is 1. The van der Waals surface area contributed by atoms with Crippen LogP contribution in [0.25, 0.3) is 0 Å². The molecule has 0 radical (unpaired) electrons. The Kier molecular flexibility index (Phi) is 5.81. The molecule has 0 unspecified atom stereocenters. The normalized spacial score (nSPS) is 19.8. The van der Waals surface area contributed by atoms with Crippen molar-refractivity contribution in [3.8, 4) is 0 Å². The third-order valence-corrected chi connectivity index (χ3v) is 6.29. The maximum Gasteiger partial charge on any atom is 0.318 e. The quantitative estimate of drug-likeness (QED) is 0.874. The second-order valence-corrected chi connectivity index (χ2v) is 9.06. The van der Waals surface area contributed by atoms with Gasteiger partial charge in [0, 0.05) is 18.6 Å². The lowest BCUT2D eigenvalue weighted by atomic mass is 10.2. The molecule has 5 nitrogen and oxygen atoms in total. The van der Waals surface area contributed by atoms with Crippen LogP contribution < -0.4 is 5.32 Å². The Balaban J connectivity index is 2.05. The number of sulfone groups is 1. The first-order valence-corrected chi connectivity index (χ1v) is 9.97. The van der Waals surface area contributed by atoms with E-state index in [0.717, 1.165) is 5.56 Å². The van der Waals surface area contributed by atoms with Crippen molar-refractivity contribution in [2.24, 2.45) is 0 Å². The minimum Gasteiger partial charge on any atom is -0.334 e. The van der Waals surface area contributed by atoms with E-state index in [4.69, 9.17) is 23.2 Å². The van der Waals surface area contributed by atoms with Gasteiger partial charge in [-0.25, -0.2) is 13.2 Å². The molecule has 1 N–H and O–H groups in total. The van der Waals surface area contributed by atoms with Crippen LogP contribution >= 0.6 is 23.2 Å². The Morgan fingerprint density at radius 2 is 2.04 bits per heavy atom. The minimum absolute atomic E-state index is 0.0114. The number of hydrogen-bond acceptors (Lipinski definition) is 3. The van der Waals surface area contributed by atoms with Crippen LogP contribution in [0.4, 0.5) is 4.79 Å². The maximum atomic E-state index is 12.5. The Bertz CT molecular complexity index is 692. The highest BCUT2D eigenvalue weighted by atomic mass is 35.5. The van der Waals surface area contributed by atoms with Crippen molar-refractivity contribution in [1.29, 1.82) is 0 Å². The molecular formula is C15H20Cl2N2O3S. The molecule has 8 heteroatoms. The predicted octanol–water partition coefficient (Wildman–Crippen LogP) is 3.10. The van der Waals surface area contributed by atoms with Crippen molar-refractivity contribution in [3.05, 3.63) is 33.8 Å². The van der Waals surface area contributed by atoms with E-state index >= 15 is 0 Å². The topological polar surface area (TPSA) is 66.5 Å². The fourth-order valence-electron chi connectivity index (χ4n) is 2.49. The summed E-state index contributed by atoms with van der Waals surface area (Å²) in [5.74, 6) is 0.143. The number of nitrogens with zero attached hydrogens (tertiary/aromatic N) is 1. The number of amides is 2. The molecule has 1 aromatic carbocycles. The molecule has 2 amide bonds. The highest BCUT2D eigenvalue weighted by molar-refractivity contribution is 7.91. The Hall–Kier alpha value is -0.980. The molecule has 0 aliphatic carbocycles. The van der Waals surface area contributed by atoms with E-state index < -0.39 is 9.84 Å². The summed E-state index contributed by atoms with van der Waals surface area (Å²) in [6.07, 6.45) is 0.465. The molecular weight excluding hydrogens is 359 g/mol. The molecule has 1 atom stereocenters. The average Bonchev–Trinajstić information content (AvgIpc) is 2.78. The summed E-state index contributed by atoms with van der Waals surface area (Å²) in [6, 6.07) is 4.61. The Morgan fingerprint density at radius 1 is 1.35 bits per heavy atom. The van der Waals surface area contributed by atoms with Gasteiger partial charge in [-0.05, 0) is 38.0 Å². The third kappa shape index (κ3) is 4.99. The van der Waals surface area contributed by atoms with E-state index in [2.05, 4.69) is 5.32 Å². The van der Waals surface area contributed by atoms with E-state index in [1.54, 1.807) is 17.0 Å². The molecule has 1 heterocycles. The zero-order valence-corrected chi connectivity index (χ0v) is 15.4. The largest absolute Gasteiger partial charge is 0.334 e. The summed E-state index contributed by atoms with van der Waals surface area (Å²) in [7, 11) is -3.02. The van der Waals surface area contributed by atoms with Crippen LogP contribution in [0.15, 0.2) is 18.2 Å². The number of benzene rings is 1. The van der Waals surface area contributed by atoms with Crippen LogP contribution in [0.1, 0.15) is 25.8 Å². The fraction of sp³-hybridized carbons (Fsp3) is 0.533. The van der Waals surface area contributed by atoms with Gasteiger partial charge in [0.1, 0.15) is 0 Å². The van der Waals surface area contributed by atoms with Gasteiger partial charge in [-0.15, -0.1) is 0 Å². The minimum atomic E-state index is -3.02. The van der Waals surface area contributed by atoms with Crippen LogP contribution in [-0.4, -0.2) is 42.9 Å². The molecule has 1 aromatic rings. The van der Waals surface area contributed by atoms with E-state index in [0.29, 0.717) is 23.0 Å². The molecule has 1 saturated heterocycles. The SMILES string of the molecule is CC(C)N(Cc1ccc(Cl)c(Cl)c1)C(=O)N[C@@H]1CCS(=O)(=O)C1. The Morgan fingerprint density at radius 3 is 2.57 bits per heavy atom. The van der Waals surface area contributed by atoms with Gasteiger partial charge in [-0.2, -0.15) is 0 Å². The van der Waals surface area contributed by atoms with Gasteiger partial charge in [0.25, 0.3) is 0 Å². The summed E-state index contributed by atoms with van der Waals surface area (Å²) < 4.78 is 23.0. The van der Waals surface area contributed by atoms with E-state index in [1.807, 2.05) is 19.9 Å². The average molecular weight is 379 g/mol. The van der Waals surface area contributed by atoms with Crippen molar-refractivity contribution >= 4 is 39.1 Å². The summed E-state index contributed by atoms with van der Waals surface area (Å²) in [5.41, 5.74) is 0.863.